The van der Waals surface area contributed by atoms with E-state index >= 15 is 0 Å². The van der Waals surface area contributed by atoms with Crippen LogP contribution >= 0.6 is 0 Å². The molecule has 68 valence electrons. The van der Waals surface area contributed by atoms with E-state index in [4.69, 9.17) is 5.11 Å². The van der Waals surface area contributed by atoms with Crippen LogP contribution < -0.4 is 0 Å². The summed E-state index contributed by atoms with van der Waals surface area (Å²) in [5.41, 5.74) is -0.0791. The molecule has 0 aliphatic rings. The van der Waals surface area contributed by atoms with Crippen molar-refractivity contribution in [2.75, 3.05) is 20.2 Å². The number of likely N-dealkylation sites (N-methyl/N-ethyl adjacent to an activating group) is 1. The van der Waals surface area contributed by atoms with Crippen molar-refractivity contribution in [2.24, 2.45) is 5.92 Å². The summed E-state index contributed by atoms with van der Waals surface area (Å²) in [6, 6.07) is 0. The third-order valence-electron chi connectivity index (χ3n) is 2.06. The molecule has 0 spiro atoms. The fourth-order valence-electron chi connectivity index (χ4n) is 0.916. The minimum Gasteiger partial charge on any atom is -0.394 e. The van der Waals surface area contributed by atoms with E-state index in [9.17, 15) is 0 Å². The average Bonchev–Trinajstić information content (AvgIpc) is 1.86. The quantitative estimate of drug-likeness (QED) is 0.669. The van der Waals surface area contributed by atoms with Crippen molar-refractivity contribution in [1.82, 2.24) is 4.90 Å². The smallest absolute Gasteiger partial charge is 0.0609 e. The van der Waals surface area contributed by atoms with Crippen LogP contribution in [0.4, 0.5) is 0 Å². The highest BCUT2D eigenvalue weighted by Gasteiger charge is 2.22. The van der Waals surface area contributed by atoms with Crippen molar-refractivity contribution in [2.45, 2.75) is 33.2 Å². The molecule has 11 heavy (non-hydrogen) atoms. The molecule has 0 heterocycles. The van der Waals surface area contributed by atoms with Crippen LogP contribution in [0.3, 0.4) is 0 Å². The first-order chi connectivity index (χ1) is 4.90. The Labute approximate surface area is 70.2 Å². The highest BCUT2D eigenvalue weighted by atomic mass is 16.3. The lowest BCUT2D eigenvalue weighted by molar-refractivity contribution is 0.0702. The summed E-state index contributed by atoms with van der Waals surface area (Å²) in [4.78, 5) is 2.19. The van der Waals surface area contributed by atoms with Crippen LogP contribution in [0.1, 0.15) is 27.7 Å². The Morgan fingerprint density at radius 1 is 1.36 bits per heavy atom. The van der Waals surface area contributed by atoms with Gasteiger partial charge in [0.25, 0.3) is 0 Å². The van der Waals surface area contributed by atoms with Gasteiger partial charge in [-0.1, -0.05) is 13.8 Å². The van der Waals surface area contributed by atoms with E-state index in [1.165, 1.54) is 0 Å². The molecule has 0 aromatic carbocycles. The number of nitrogens with zero attached hydrogens (tertiary/aromatic N) is 1. The second-order valence-corrected chi connectivity index (χ2v) is 4.24. The third-order valence-corrected chi connectivity index (χ3v) is 2.06. The monoisotopic (exact) mass is 159 g/mol. The standard InChI is InChI=1S/C9H21NO/c1-8(2)6-10(5)9(3,4)7-11/h8,11H,6-7H2,1-5H3. The van der Waals surface area contributed by atoms with Crippen LogP contribution in [0.15, 0.2) is 0 Å². The molecular weight excluding hydrogens is 138 g/mol. The second kappa shape index (κ2) is 4.07. The Kier molecular flexibility index (Phi) is 4.04. The van der Waals surface area contributed by atoms with Gasteiger partial charge in [-0.05, 0) is 26.8 Å². The van der Waals surface area contributed by atoms with Crippen LogP contribution in [-0.4, -0.2) is 35.7 Å². The van der Waals surface area contributed by atoms with Gasteiger partial charge >= 0.3 is 0 Å². The van der Waals surface area contributed by atoms with Crippen molar-refractivity contribution in [1.29, 1.82) is 0 Å². The summed E-state index contributed by atoms with van der Waals surface area (Å²) in [5.74, 6) is 0.658. The van der Waals surface area contributed by atoms with Crippen molar-refractivity contribution < 1.29 is 5.11 Å². The van der Waals surface area contributed by atoms with Gasteiger partial charge in [0.2, 0.25) is 0 Å². The Hall–Kier alpha value is -0.0800. The van der Waals surface area contributed by atoms with Gasteiger partial charge in [-0.25, -0.2) is 0 Å². The van der Waals surface area contributed by atoms with E-state index in [-0.39, 0.29) is 12.1 Å². The molecule has 2 heteroatoms. The normalized spacial score (nSPS) is 13.1. The lowest BCUT2D eigenvalue weighted by atomic mass is 10.0. The Morgan fingerprint density at radius 2 is 1.82 bits per heavy atom. The van der Waals surface area contributed by atoms with Crippen molar-refractivity contribution in [3.8, 4) is 0 Å². The maximum Gasteiger partial charge on any atom is 0.0609 e. The van der Waals surface area contributed by atoms with E-state index in [0.717, 1.165) is 6.54 Å². The van der Waals surface area contributed by atoms with Crippen LogP contribution in [-0.2, 0) is 0 Å². The average molecular weight is 159 g/mol. The predicted molar refractivity (Wildman–Crippen MR) is 48.6 cm³/mol. The SMILES string of the molecule is CC(C)CN(C)C(C)(C)CO. The second-order valence-electron chi connectivity index (χ2n) is 4.24. The van der Waals surface area contributed by atoms with Crippen molar-refractivity contribution in [3.05, 3.63) is 0 Å². The Balaban J connectivity index is 3.90. The van der Waals surface area contributed by atoms with Crippen LogP contribution in [0.25, 0.3) is 0 Å². The maximum absolute atomic E-state index is 9.04. The van der Waals surface area contributed by atoms with E-state index < -0.39 is 0 Å². The molecule has 0 fully saturated rings. The van der Waals surface area contributed by atoms with E-state index in [1.807, 2.05) is 0 Å². The van der Waals surface area contributed by atoms with Gasteiger partial charge in [-0.3, -0.25) is 4.90 Å². The first kappa shape index (κ1) is 10.9. The van der Waals surface area contributed by atoms with E-state index in [2.05, 4.69) is 39.6 Å². The number of hydrogen-bond acceptors (Lipinski definition) is 2. The summed E-state index contributed by atoms with van der Waals surface area (Å²) >= 11 is 0. The van der Waals surface area contributed by atoms with Gasteiger partial charge in [0.15, 0.2) is 0 Å². The molecule has 0 saturated heterocycles. The number of rotatable bonds is 4. The lowest BCUT2D eigenvalue weighted by Crippen LogP contribution is -2.45. The molecular formula is C9H21NO. The van der Waals surface area contributed by atoms with Crippen molar-refractivity contribution >= 4 is 0 Å². The summed E-state index contributed by atoms with van der Waals surface area (Å²) in [5, 5.41) is 9.04. The topological polar surface area (TPSA) is 23.5 Å². The number of aliphatic hydroxyl groups is 1. The first-order valence-electron chi connectivity index (χ1n) is 4.22. The molecule has 0 bridgehead atoms. The molecule has 0 radical (unpaired) electrons. The van der Waals surface area contributed by atoms with Crippen molar-refractivity contribution in [3.63, 3.8) is 0 Å². The van der Waals surface area contributed by atoms with Gasteiger partial charge in [0.05, 0.1) is 6.61 Å². The predicted octanol–water partition coefficient (Wildman–Crippen LogP) is 1.35. The fraction of sp³-hybridized carbons (Fsp3) is 1.00. The molecule has 2 nitrogen and oxygen atoms in total. The molecule has 0 unspecified atom stereocenters. The van der Waals surface area contributed by atoms with Gasteiger partial charge in [-0.2, -0.15) is 0 Å². The largest absolute Gasteiger partial charge is 0.394 e. The molecule has 0 aromatic heterocycles. The Morgan fingerprint density at radius 3 is 2.09 bits per heavy atom. The van der Waals surface area contributed by atoms with Gasteiger partial charge < -0.3 is 5.11 Å². The van der Waals surface area contributed by atoms with E-state index in [0.29, 0.717) is 5.92 Å². The molecule has 0 saturated carbocycles. The van der Waals surface area contributed by atoms with Crippen LogP contribution in [0, 0.1) is 5.92 Å². The molecule has 0 rings (SSSR count). The minimum atomic E-state index is -0.0791. The summed E-state index contributed by atoms with van der Waals surface area (Å²) < 4.78 is 0. The van der Waals surface area contributed by atoms with Gasteiger partial charge in [-0.15, -0.1) is 0 Å². The fourth-order valence-corrected chi connectivity index (χ4v) is 0.916. The zero-order valence-corrected chi connectivity index (χ0v) is 8.39. The van der Waals surface area contributed by atoms with Crippen LogP contribution in [0.2, 0.25) is 0 Å². The third kappa shape index (κ3) is 3.73. The zero-order valence-electron chi connectivity index (χ0n) is 8.39. The Bertz CT molecular complexity index is 110. The molecule has 0 aliphatic carbocycles. The zero-order chi connectivity index (χ0) is 9.07. The van der Waals surface area contributed by atoms with Gasteiger partial charge in [0, 0.05) is 12.1 Å². The van der Waals surface area contributed by atoms with Gasteiger partial charge in [0.1, 0.15) is 0 Å². The minimum absolute atomic E-state index is 0.0791. The van der Waals surface area contributed by atoms with E-state index in [1.54, 1.807) is 0 Å². The maximum atomic E-state index is 9.04. The molecule has 0 atom stereocenters. The molecule has 0 aliphatic heterocycles. The molecule has 0 amide bonds. The summed E-state index contributed by atoms with van der Waals surface area (Å²) in [6.07, 6.45) is 0. The molecule has 0 aromatic rings. The number of hydrogen-bond donors (Lipinski definition) is 1. The van der Waals surface area contributed by atoms with Crippen LogP contribution in [0.5, 0.6) is 0 Å². The lowest BCUT2D eigenvalue weighted by Gasteiger charge is -2.34. The summed E-state index contributed by atoms with van der Waals surface area (Å²) in [7, 11) is 2.05. The highest BCUT2D eigenvalue weighted by Crippen LogP contribution is 2.12. The highest BCUT2D eigenvalue weighted by molar-refractivity contribution is 4.78. The summed E-state index contributed by atoms with van der Waals surface area (Å²) in [6.45, 7) is 9.72. The first-order valence-corrected chi connectivity index (χ1v) is 4.22. The molecule has 1 N–H and O–H groups in total. The number of aliphatic hydroxyl groups excluding tert-OH is 1.